The first-order valence-corrected chi connectivity index (χ1v) is 8.50. The lowest BCUT2D eigenvalue weighted by molar-refractivity contribution is -0.384. The van der Waals surface area contributed by atoms with E-state index in [2.05, 4.69) is 0 Å². The van der Waals surface area contributed by atoms with E-state index in [4.69, 9.17) is 0 Å². The summed E-state index contributed by atoms with van der Waals surface area (Å²) in [5.74, 6) is -0.247. The molecule has 0 radical (unpaired) electrons. The molecule has 7 nitrogen and oxygen atoms in total. The highest BCUT2D eigenvalue weighted by Crippen LogP contribution is 2.21. The van der Waals surface area contributed by atoms with Gasteiger partial charge in [-0.2, -0.15) is 0 Å². The Morgan fingerprint density at radius 3 is 2.38 bits per heavy atom. The van der Waals surface area contributed by atoms with Crippen LogP contribution in [0.2, 0.25) is 0 Å². The summed E-state index contributed by atoms with van der Waals surface area (Å²) < 4.78 is 23.2. The fourth-order valence-electron chi connectivity index (χ4n) is 2.58. The number of sulfone groups is 1. The van der Waals surface area contributed by atoms with Crippen molar-refractivity contribution in [1.82, 2.24) is 4.90 Å². The van der Waals surface area contributed by atoms with Crippen molar-refractivity contribution in [1.29, 1.82) is 0 Å². The predicted octanol–water partition coefficient (Wildman–Crippen LogP) is 0.575. The fraction of sp³-hybridized carbons (Fsp3) is 0.538. The molecule has 1 aliphatic heterocycles. The normalized spacial score (nSPS) is 24.3. The van der Waals surface area contributed by atoms with Crippen LogP contribution in [-0.4, -0.2) is 53.5 Å². The van der Waals surface area contributed by atoms with E-state index >= 15 is 0 Å². The number of nitro benzene ring substituents is 1. The average molecular weight is 314 g/mol. The highest BCUT2D eigenvalue weighted by molar-refractivity contribution is 7.91. The number of benzene rings is 1. The molecular weight excluding hydrogens is 296 g/mol. The summed E-state index contributed by atoms with van der Waals surface area (Å²) >= 11 is 0. The summed E-state index contributed by atoms with van der Waals surface area (Å²) in [5, 5.41) is 20.5. The molecule has 116 valence electrons. The van der Waals surface area contributed by atoms with E-state index in [9.17, 15) is 23.6 Å². The molecule has 1 aliphatic rings. The maximum Gasteiger partial charge on any atom is 0.269 e. The van der Waals surface area contributed by atoms with Crippen molar-refractivity contribution in [3.63, 3.8) is 0 Å². The molecule has 1 saturated heterocycles. The molecule has 0 spiro atoms. The third-order valence-electron chi connectivity index (χ3n) is 3.70. The van der Waals surface area contributed by atoms with Crippen LogP contribution in [0.4, 0.5) is 5.69 Å². The zero-order valence-corrected chi connectivity index (χ0v) is 12.5. The van der Waals surface area contributed by atoms with Crippen molar-refractivity contribution >= 4 is 15.5 Å². The van der Waals surface area contributed by atoms with E-state index in [1.54, 1.807) is 12.1 Å². The van der Waals surface area contributed by atoms with Crippen LogP contribution >= 0.6 is 0 Å². The van der Waals surface area contributed by atoms with Gasteiger partial charge in [-0.1, -0.05) is 19.1 Å². The summed E-state index contributed by atoms with van der Waals surface area (Å²) in [4.78, 5) is 12.0. The lowest BCUT2D eigenvalue weighted by Gasteiger charge is -2.28. The summed E-state index contributed by atoms with van der Waals surface area (Å²) in [7, 11) is -3.19. The largest absolute Gasteiger partial charge is 0.390 e. The van der Waals surface area contributed by atoms with Gasteiger partial charge in [0, 0.05) is 18.7 Å². The fourth-order valence-corrected chi connectivity index (χ4v) is 4.41. The molecule has 1 N–H and O–H groups in total. The molecule has 0 saturated carbocycles. The maximum absolute atomic E-state index is 11.6. The zero-order valence-electron chi connectivity index (χ0n) is 11.7. The molecule has 21 heavy (non-hydrogen) atoms. The first kappa shape index (κ1) is 15.9. The van der Waals surface area contributed by atoms with Crippen LogP contribution in [0.5, 0.6) is 0 Å². The average Bonchev–Trinajstić information content (AvgIpc) is 2.69. The van der Waals surface area contributed by atoms with Gasteiger partial charge in [-0.3, -0.25) is 15.0 Å². The molecule has 2 rings (SSSR count). The Morgan fingerprint density at radius 1 is 1.33 bits per heavy atom. The van der Waals surface area contributed by atoms with Crippen molar-refractivity contribution in [3.8, 4) is 0 Å². The molecule has 2 atom stereocenters. The lowest BCUT2D eigenvalue weighted by Crippen LogP contribution is -2.42. The van der Waals surface area contributed by atoms with Crippen LogP contribution in [0.3, 0.4) is 0 Å². The third-order valence-corrected chi connectivity index (χ3v) is 5.40. The van der Waals surface area contributed by atoms with Crippen molar-refractivity contribution in [2.45, 2.75) is 25.6 Å². The number of hydrogen-bond donors (Lipinski definition) is 1. The first-order chi connectivity index (χ1) is 9.82. The smallest absolute Gasteiger partial charge is 0.269 e. The summed E-state index contributed by atoms with van der Waals surface area (Å²) in [5.41, 5.74) is 0.865. The van der Waals surface area contributed by atoms with E-state index in [1.165, 1.54) is 12.1 Å². The van der Waals surface area contributed by atoms with Gasteiger partial charge in [0.1, 0.15) is 0 Å². The summed E-state index contributed by atoms with van der Waals surface area (Å²) in [6.45, 7) is 2.93. The van der Waals surface area contributed by atoms with Gasteiger partial charge in [-0.25, -0.2) is 8.42 Å². The van der Waals surface area contributed by atoms with Gasteiger partial charge in [-0.15, -0.1) is 0 Å². The number of rotatable bonds is 5. The van der Waals surface area contributed by atoms with Gasteiger partial charge in [0.15, 0.2) is 9.84 Å². The molecule has 0 aromatic heterocycles. The van der Waals surface area contributed by atoms with Crippen molar-refractivity contribution in [2.24, 2.45) is 0 Å². The first-order valence-electron chi connectivity index (χ1n) is 6.68. The van der Waals surface area contributed by atoms with Crippen LogP contribution in [0.15, 0.2) is 24.3 Å². The Balaban J connectivity index is 2.10. The number of aliphatic hydroxyl groups excluding tert-OH is 1. The van der Waals surface area contributed by atoms with Crippen LogP contribution < -0.4 is 0 Å². The predicted molar refractivity (Wildman–Crippen MR) is 77.6 cm³/mol. The van der Waals surface area contributed by atoms with E-state index in [1.807, 2.05) is 11.8 Å². The van der Waals surface area contributed by atoms with Gasteiger partial charge < -0.3 is 5.11 Å². The molecule has 0 unspecified atom stereocenters. The number of non-ortho nitro benzene ring substituents is 1. The van der Waals surface area contributed by atoms with Crippen LogP contribution in [0, 0.1) is 10.1 Å². The molecule has 0 amide bonds. The maximum atomic E-state index is 11.6. The highest BCUT2D eigenvalue weighted by Gasteiger charge is 2.39. The molecule has 1 fully saturated rings. The summed E-state index contributed by atoms with van der Waals surface area (Å²) in [6.07, 6.45) is -0.881. The van der Waals surface area contributed by atoms with Crippen molar-refractivity contribution in [2.75, 3.05) is 18.1 Å². The molecule has 8 heteroatoms. The van der Waals surface area contributed by atoms with Crippen LogP contribution in [-0.2, 0) is 16.4 Å². The summed E-state index contributed by atoms with van der Waals surface area (Å²) in [6, 6.07) is 5.72. The van der Waals surface area contributed by atoms with Crippen LogP contribution in [0.25, 0.3) is 0 Å². The van der Waals surface area contributed by atoms with Gasteiger partial charge in [0.2, 0.25) is 0 Å². The second-order valence-electron chi connectivity index (χ2n) is 5.20. The van der Waals surface area contributed by atoms with E-state index in [-0.39, 0.29) is 17.2 Å². The number of hydrogen-bond acceptors (Lipinski definition) is 6. The topological polar surface area (TPSA) is 101 Å². The molecule has 0 bridgehead atoms. The van der Waals surface area contributed by atoms with Gasteiger partial charge >= 0.3 is 0 Å². The Hall–Kier alpha value is -1.51. The van der Waals surface area contributed by atoms with E-state index < -0.39 is 26.9 Å². The zero-order chi connectivity index (χ0) is 15.6. The minimum Gasteiger partial charge on any atom is -0.390 e. The third kappa shape index (κ3) is 3.78. The molecule has 1 aromatic rings. The van der Waals surface area contributed by atoms with Crippen molar-refractivity contribution < 1.29 is 18.4 Å². The molecule has 0 aliphatic carbocycles. The van der Waals surface area contributed by atoms with Gasteiger partial charge in [0.05, 0.1) is 28.6 Å². The van der Waals surface area contributed by atoms with Crippen LogP contribution in [0.1, 0.15) is 12.5 Å². The Labute approximate surface area is 123 Å². The number of aliphatic hydroxyl groups is 1. The minimum absolute atomic E-state index is 0.0188. The number of nitro groups is 1. The molecule has 1 heterocycles. The highest BCUT2D eigenvalue weighted by atomic mass is 32.2. The molecular formula is C13H18N2O5S. The van der Waals surface area contributed by atoms with E-state index in [0.29, 0.717) is 13.1 Å². The quantitative estimate of drug-likeness (QED) is 0.630. The molecule has 1 aromatic carbocycles. The second kappa shape index (κ2) is 6.08. The van der Waals surface area contributed by atoms with Gasteiger partial charge in [0.25, 0.3) is 5.69 Å². The van der Waals surface area contributed by atoms with Crippen molar-refractivity contribution in [3.05, 3.63) is 39.9 Å². The lowest BCUT2D eigenvalue weighted by atomic mass is 10.1. The van der Waals surface area contributed by atoms with Gasteiger partial charge in [-0.05, 0) is 12.1 Å². The Morgan fingerprint density at radius 2 is 1.95 bits per heavy atom. The standard InChI is InChI=1S/C13H18N2O5S/c1-2-14(12-8-21(19,20)9-13(12)16)7-10-3-5-11(6-4-10)15(17)18/h3-6,12-13,16H,2,7-9H2,1H3/t12-,13+/m0/s1. The number of nitrogens with zero attached hydrogens (tertiary/aromatic N) is 2. The second-order valence-corrected chi connectivity index (χ2v) is 7.35. The Bertz CT molecular complexity index is 614. The minimum atomic E-state index is -3.19. The van der Waals surface area contributed by atoms with E-state index in [0.717, 1.165) is 5.56 Å². The SMILES string of the molecule is CCN(Cc1ccc([N+](=O)[O-])cc1)[C@H]1CS(=O)(=O)C[C@H]1O. The monoisotopic (exact) mass is 314 g/mol. The Kier molecular flexibility index (Phi) is 4.60. The number of likely N-dealkylation sites (N-methyl/N-ethyl adjacent to an activating group) is 1.